The summed E-state index contributed by atoms with van der Waals surface area (Å²) in [6.45, 7) is 12.6. The number of carbonyl (C=O) groups is 1. The molecule has 0 amide bonds. The molecule has 1 atom stereocenters. The van der Waals surface area contributed by atoms with Crippen molar-refractivity contribution in [1.82, 2.24) is 4.90 Å². The summed E-state index contributed by atoms with van der Waals surface area (Å²) in [6.07, 6.45) is 0.819. The Balaban J connectivity index is 4.38. The molecule has 0 aromatic heterocycles. The first-order chi connectivity index (χ1) is 7.06. The molecule has 0 radical (unpaired) electrons. The van der Waals surface area contributed by atoms with E-state index in [9.17, 15) is 4.79 Å². The van der Waals surface area contributed by atoms with Crippen LogP contribution in [-0.4, -0.2) is 36.6 Å². The van der Waals surface area contributed by atoms with Crippen LogP contribution in [0, 0.1) is 5.92 Å². The standard InChI is InChI=1S/C12H25NO2/c1-6-11(12(14)15-8-3)13(7-2)9-10(4)5/h10-11H,6-9H2,1-5H3. The fourth-order valence-electron chi connectivity index (χ4n) is 1.76. The number of rotatable bonds is 7. The second-order valence-electron chi connectivity index (χ2n) is 4.16. The molecule has 0 heterocycles. The average molecular weight is 215 g/mol. The van der Waals surface area contributed by atoms with Gasteiger partial charge in [-0.05, 0) is 25.8 Å². The number of carbonyl (C=O) groups excluding carboxylic acids is 1. The van der Waals surface area contributed by atoms with Gasteiger partial charge in [0.1, 0.15) is 6.04 Å². The van der Waals surface area contributed by atoms with Crippen LogP contribution in [-0.2, 0) is 9.53 Å². The van der Waals surface area contributed by atoms with Crippen molar-refractivity contribution in [3.63, 3.8) is 0 Å². The summed E-state index contributed by atoms with van der Waals surface area (Å²) in [5, 5.41) is 0. The van der Waals surface area contributed by atoms with Gasteiger partial charge < -0.3 is 4.74 Å². The maximum Gasteiger partial charge on any atom is 0.323 e. The molecule has 0 aliphatic heterocycles. The van der Waals surface area contributed by atoms with E-state index in [-0.39, 0.29) is 12.0 Å². The van der Waals surface area contributed by atoms with E-state index in [2.05, 4.69) is 25.7 Å². The van der Waals surface area contributed by atoms with Crippen molar-refractivity contribution in [1.29, 1.82) is 0 Å². The highest BCUT2D eigenvalue weighted by atomic mass is 16.5. The minimum absolute atomic E-state index is 0.0719. The van der Waals surface area contributed by atoms with Gasteiger partial charge in [-0.3, -0.25) is 9.69 Å². The van der Waals surface area contributed by atoms with Crippen LogP contribution in [0.5, 0.6) is 0 Å². The zero-order valence-electron chi connectivity index (χ0n) is 10.7. The van der Waals surface area contributed by atoms with E-state index in [1.165, 1.54) is 0 Å². The van der Waals surface area contributed by atoms with E-state index in [0.717, 1.165) is 19.5 Å². The monoisotopic (exact) mass is 215 g/mol. The van der Waals surface area contributed by atoms with Crippen LogP contribution >= 0.6 is 0 Å². The van der Waals surface area contributed by atoms with Gasteiger partial charge in [-0.25, -0.2) is 0 Å². The molecule has 0 saturated carbocycles. The van der Waals surface area contributed by atoms with Crippen LogP contribution in [0.3, 0.4) is 0 Å². The van der Waals surface area contributed by atoms with Crippen molar-refractivity contribution < 1.29 is 9.53 Å². The Labute approximate surface area is 93.8 Å². The summed E-state index contributed by atoms with van der Waals surface area (Å²) in [5.74, 6) is 0.496. The molecule has 3 nitrogen and oxygen atoms in total. The van der Waals surface area contributed by atoms with Crippen molar-refractivity contribution in [3.8, 4) is 0 Å². The molecule has 0 aromatic rings. The van der Waals surface area contributed by atoms with Crippen LogP contribution in [0.1, 0.15) is 41.0 Å². The number of nitrogens with zero attached hydrogens (tertiary/aromatic N) is 1. The van der Waals surface area contributed by atoms with Gasteiger partial charge in [-0.2, -0.15) is 0 Å². The predicted molar refractivity (Wildman–Crippen MR) is 62.8 cm³/mol. The van der Waals surface area contributed by atoms with Crippen LogP contribution in [0.15, 0.2) is 0 Å². The molecule has 0 N–H and O–H groups in total. The molecule has 0 rings (SSSR count). The summed E-state index contributed by atoms with van der Waals surface area (Å²) in [6, 6.07) is -0.0719. The van der Waals surface area contributed by atoms with Crippen LogP contribution < -0.4 is 0 Å². The number of ether oxygens (including phenoxy) is 1. The molecule has 1 unspecified atom stereocenters. The molecular formula is C12H25NO2. The minimum atomic E-state index is -0.0810. The lowest BCUT2D eigenvalue weighted by atomic mass is 10.1. The first-order valence-corrected chi connectivity index (χ1v) is 5.97. The normalized spacial score (nSPS) is 13.3. The van der Waals surface area contributed by atoms with Gasteiger partial charge in [0, 0.05) is 6.54 Å². The fourth-order valence-corrected chi connectivity index (χ4v) is 1.76. The maximum atomic E-state index is 11.7. The Morgan fingerprint density at radius 1 is 1.27 bits per heavy atom. The van der Waals surface area contributed by atoms with E-state index in [4.69, 9.17) is 4.74 Å². The van der Waals surface area contributed by atoms with Crippen molar-refractivity contribution >= 4 is 5.97 Å². The molecule has 0 fully saturated rings. The Morgan fingerprint density at radius 3 is 2.20 bits per heavy atom. The topological polar surface area (TPSA) is 29.5 Å². The molecule has 3 heteroatoms. The van der Waals surface area contributed by atoms with Crippen LogP contribution in [0.2, 0.25) is 0 Å². The number of esters is 1. The molecule has 0 bridgehead atoms. The molecule has 0 aliphatic carbocycles. The first kappa shape index (κ1) is 14.4. The Bertz CT molecular complexity index is 180. The third-order valence-electron chi connectivity index (χ3n) is 2.39. The van der Waals surface area contributed by atoms with Crippen molar-refractivity contribution in [2.45, 2.75) is 47.1 Å². The summed E-state index contributed by atoms with van der Waals surface area (Å²) in [5.41, 5.74) is 0. The van der Waals surface area contributed by atoms with Crippen molar-refractivity contribution in [2.75, 3.05) is 19.7 Å². The lowest BCUT2D eigenvalue weighted by Crippen LogP contribution is -2.43. The third-order valence-corrected chi connectivity index (χ3v) is 2.39. The quantitative estimate of drug-likeness (QED) is 0.610. The largest absolute Gasteiger partial charge is 0.465 e. The highest BCUT2D eigenvalue weighted by Crippen LogP contribution is 2.09. The van der Waals surface area contributed by atoms with Crippen LogP contribution in [0.25, 0.3) is 0 Å². The minimum Gasteiger partial charge on any atom is -0.465 e. The van der Waals surface area contributed by atoms with Gasteiger partial charge in [-0.15, -0.1) is 0 Å². The zero-order valence-corrected chi connectivity index (χ0v) is 10.7. The molecule has 15 heavy (non-hydrogen) atoms. The smallest absolute Gasteiger partial charge is 0.323 e. The number of hydrogen-bond acceptors (Lipinski definition) is 3. The lowest BCUT2D eigenvalue weighted by Gasteiger charge is -2.29. The summed E-state index contributed by atoms with van der Waals surface area (Å²) >= 11 is 0. The van der Waals surface area contributed by atoms with Gasteiger partial charge in [0.15, 0.2) is 0 Å². The highest BCUT2D eigenvalue weighted by Gasteiger charge is 2.24. The summed E-state index contributed by atoms with van der Waals surface area (Å²) in [4.78, 5) is 13.9. The zero-order chi connectivity index (χ0) is 11.8. The van der Waals surface area contributed by atoms with Gasteiger partial charge >= 0.3 is 5.97 Å². The Morgan fingerprint density at radius 2 is 1.87 bits per heavy atom. The number of hydrogen-bond donors (Lipinski definition) is 0. The SMILES string of the molecule is CCOC(=O)C(CC)N(CC)CC(C)C. The molecule has 0 saturated heterocycles. The lowest BCUT2D eigenvalue weighted by molar-refractivity contribution is -0.149. The summed E-state index contributed by atoms with van der Waals surface area (Å²) in [7, 11) is 0. The molecule has 90 valence electrons. The summed E-state index contributed by atoms with van der Waals surface area (Å²) < 4.78 is 5.08. The molecular weight excluding hydrogens is 190 g/mol. The Hall–Kier alpha value is -0.570. The fraction of sp³-hybridized carbons (Fsp3) is 0.917. The van der Waals surface area contributed by atoms with Crippen LogP contribution in [0.4, 0.5) is 0 Å². The van der Waals surface area contributed by atoms with Gasteiger partial charge in [0.2, 0.25) is 0 Å². The third kappa shape index (κ3) is 5.17. The van der Waals surface area contributed by atoms with Gasteiger partial charge in [-0.1, -0.05) is 27.7 Å². The van der Waals surface area contributed by atoms with Crippen molar-refractivity contribution in [3.05, 3.63) is 0 Å². The van der Waals surface area contributed by atoms with Gasteiger partial charge in [0.05, 0.1) is 6.61 Å². The second-order valence-corrected chi connectivity index (χ2v) is 4.16. The van der Waals surface area contributed by atoms with E-state index in [1.54, 1.807) is 0 Å². The molecule has 0 aromatic carbocycles. The second kappa shape index (κ2) is 7.69. The molecule has 0 aliphatic rings. The van der Waals surface area contributed by atoms with Gasteiger partial charge in [0.25, 0.3) is 0 Å². The molecule has 0 spiro atoms. The Kier molecular flexibility index (Phi) is 7.39. The van der Waals surface area contributed by atoms with E-state index < -0.39 is 0 Å². The first-order valence-electron chi connectivity index (χ1n) is 5.97. The van der Waals surface area contributed by atoms with E-state index in [1.807, 2.05) is 13.8 Å². The highest BCUT2D eigenvalue weighted by molar-refractivity contribution is 5.75. The van der Waals surface area contributed by atoms with E-state index in [0.29, 0.717) is 12.5 Å². The predicted octanol–water partition coefficient (Wildman–Crippen LogP) is 2.31. The number of likely N-dealkylation sites (N-methyl/N-ethyl adjacent to an activating group) is 1. The van der Waals surface area contributed by atoms with E-state index >= 15 is 0 Å². The van der Waals surface area contributed by atoms with Crippen molar-refractivity contribution in [2.24, 2.45) is 5.92 Å². The average Bonchev–Trinajstić information content (AvgIpc) is 2.17. The maximum absolute atomic E-state index is 11.7.